The van der Waals surface area contributed by atoms with Gasteiger partial charge in [-0.3, -0.25) is 4.79 Å². The minimum atomic E-state index is -0.120. The average molecular weight is 276 g/mol. The van der Waals surface area contributed by atoms with Crippen LogP contribution in [-0.2, 0) is 23.7 Å². The van der Waals surface area contributed by atoms with Gasteiger partial charge in [0.05, 0.1) is 37.6 Å². The van der Waals surface area contributed by atoms with Crippen molar-refractivity contribution in [2.24, 2.45) is 0 Å². The molecule has 0 N–H and O–H groups in total. The molecular formula is C14H28O5. The van der Waals surface area contributed by atoms with Crippen LogP contribution in [0.5, 0.6) is 0 Å². The maximum absolute atomic E-state index is 10.0. The van der Waals surface area contributed by atoms with Gasteiger partial charge in [0, 0.05) is 0 Å². The van der Waals surface area contributed by atoms with Crippen molar-refractivity contribution in [2.45, 2.75) is 65.5 Å². The van der Waals surface area contributed by atoms with Crippen molar-refractivity contribution in [1.29, 1.82) is 0 Å². The highest BCUT2D eigenvalue weighted by Gasteiger charge is 2.11. The predicted molar refractivity (Wildman–Crippen MR) is 73.1 cm³/mol. The monoisotopic (exact) mass is 276 g/mol. The molecule has 0 aromatic heterocycles. The van der Waals surface area contributed by atoms with E-state index in [1.54, 1.807) is 0 Å². The van der Waals surface area contributed by atoms with Crippen molar-refractivity contribution < 1.29 is 23.7 Å². The smallest absolute Gasteiger partial charge is 0.293 e. The van der Waals surface area contributed by atoms with Crippen molar-refractivity contribution in [3.8, 4) is 0 Å². The molecule has 0 aromatic carbocycles. The maximum Gasteiger partial charge on any atom is 0.293 e. The molecule has 4 unspecified atom stereocenters. The lowest BCUT2D eigenvalue weighted by molar-refractivity contribution is -0.134. The number of rotatable bonds is 12. The highest BCUT2D eigenvalue weighted by molar-refractivity contribution is 5.36. The van der Waals surface area contributed by atoms with E-state index >= 15 is 0 Å². The average Bonchev–Trinajstić information content (AvgIpc) is 2.40. The van der Waals surface area contributed by atoms with E-state index in [2.05, 4.69) is 18.6 Å². The molecule has 0 spiro atoms. The Morgan fingerprint density at radius 3 is 1.89 bits per heavy atom. The van der Waals surface area contributed by atoms with Gasteiger partial charge >= 0.3 is 0 Å². The minimum absolute atomic E-state index is 0.0123. The molecule has 0 radical (unpaired) electrons. The minimum Gasteiger partial charge on any atom is -0.465 e. The summed E-state index contributed by atoms with van der Waals surface area (Å²) >= 11 is 0. The van der Waals surface area contributed by atoms with Gasteiger partial charge in [-0.2, -0.15) is 0 Å². The Balaban J connectivity index is 3.62. The highest BCUT2D eigenvalue weighted by atomic mass is 16.6. The number of ether oxygens (including phenoxy) is 4. The lowest BCUT2D eigenvalue weighted by Crippen LogP contribution is -2.28. The standard InChI is InChI=1S/C14H28O5/c1-6-11(2)19-14(5)9-18-13(4)8-17-12(3)7-16-10-15/h10-14H,6-9H2,1-5H3. The Kier molecular flexibility index (Phi) is 10.8. The first-order chi connectivity index (χ1) is 8.99. The molecular weight excluding hydrogens is 248 g/mol. The maximum atomic E-state index is 10.0. The zero-order valence-corrected chi connectivity index (χ0v) is 12.8. The van der Waals surface area contributed by atoms with Crippen molar-refractivity contribution in [3.05, 3.63) is 0 Å². The zero-order valence-electron chi connectivity index (χ0n) is 12.8. The summed E-state index contributed by atoms with van der Waals surface area (Å²) in [6.45, 7) is 11.7. The molecule has 0 heterocycles. The first kappa shape index (κ1) is 18.4. The first-order valence-corrected chi connectivity index (χ1v) is 6.93. The van der Waals surface area contributed by atoms with Gasteiger partial charge in [0.15, 0.2) is 0 Å². The summed E-state index contributed by atoms with van der Waals surface area (Å²) in [5.74, 6) is 0. The summed E-state index contributed by atoms with van der Waals surface area (Å²) in [6, 6.07) is 0. The van der Waals surface area contributed by atoms with Crippen LogP contribution in [0.4, 0.5) is 0 Å². The summed E-state index contributed by atoms with van der Waals surface area (Å²) in [5.41, 5.74) is 0. The SMILES string of the molecule is CCC(C)OC(C)COC(C)COC(C)COC=O. The topological polar surface area (TPSA) is 54.0 Å². The van der Waals surface area contributed by atoms with Crippen molar-refractivity contribution in [3.63, 3.8) is 0 Å². The fourth-order valence-corrected chi connectivity index (χ4v) is 1.40. The summed E-state index contributed by atoms with van der Waals surface area (Å²) < 4.78 is 21.5. The molecule has 0 bridgehead atoms. The number of carbonyl (C=O) groups is 1. The normalized spacial score (nSPS) is 17.5. The van der Waals surface area contributed by atoms with Crippen LogP contribution in [0, 0.1) is 0 Å². The Morgan fingerprint density at radius 2 is 1.37 bits per heavy atom. The van der Waals surface area contributed by atoms with Crippen LogP contribution in [0.15, 0.2) is 0 Å². The summed E-state index contributed by atoms with van der Waals surface area (Å²) in [4.78, 5) is 10.0. The second kappa shape index (κ2) is 11.2. The van der Waals surface area contributed by atoms with E-state index in [1.165, 1.54) is 0 Å². The Morgan fingerprint density at radius 1 is 0.842 bits per heavy atom. The quantitative estimate of drug-likeness (QED) is 0.511. The molecule has 114 valence electrons. The molecule has 0 rings (SSSR count). The third-order valence-electron chi connectivity index (χ3n) is 2.67. The van der Waals surface area contributed by atoms with Crippen molar-refractivity contribution in [1.82, 2.24) is 0 Å². The molecule has 0 aliphatic heterocycles. The fraction of sp³-hybridized carbons (Fsp3) is 0.929. The molecule has 0 saturated heterocycles. The lowest BCUT2D eigenvalue weighted by Gasteiger charge is -2.21. The Hall–Kier alpha value is -0.650. The van der Waals surface area contributed by atoms with E-state index in [0.29, 0.717) is 19.7 Å². The van der Waals surface area contributed by atoms with Crippen LogP contribution >= 0.6 is 0 Å². The van der Waals surface area contributed by atoms with Crippen LogP contribution < -0.4 is 0 Å². The Bertz CT molecular complexity index is 222. The molecule has 0 amide bonds. The van der Waals surface area contributed by atoms with Gasteiger partial charge in [-0.05, 0) is 34.1 Å². The molecule has 0 aliphatic carbocycles. The Labute approximate surface area is 116 Å². The van der Waals surface area contributed by atoms with Gasteiger partial charge in [0.1, 0.15) is 6.61 Å². The molecule has 19 heavy (non-hydrogen) atoms. The van der Waals surface area contributed by atoms with Crippen LogP contribution in [0.25, 0.3) is 0 Å². The molecule has 4 atom stereocenters. The molecule has 5 nitrogen and oxygen atoms in total. The summed E-state index contributed by atoms with van der Waals surface area (Å²) in [5, 5.41) is 0. The lowest BCUT2D eigenvalue weighted by atomic mass is 10.3. The van der Waals surface area contributed by atoms with E-state index in [1.807, 2.05) is 20.8 Å². The van der Waals surface area contributed by atoms with Gasteiger partial charge in [0.2, 0.25) is 0 Å². The highest BCUT2D eigenvalue weighted by Crippen LogP contribution is 2.04. The summed E-state index contributed by atoms with van der Waals surface area (Å²) in [7, 11) is 0. The molecule has 0 aromatic rings. The van der Waals surface area contributed by atoms with E-state index < -0.39 is 0 Å². The van der Waals surface area contributed by atoms with Crippen LogP contribution in [0.2, 0.25) is 0 Å². The van der Waals surface area contributed by atoms with E-state index in [9.17, 15) is 4.79 Å². The molecule has 5 heteroatoms. The van der Waals surface area contributed by atoms with E-state index in [4.69, 9.17) is 14.2 Å². The molecule has 0 fully saturated rings. The van der Waals surface area contributed by atoms with Gasteiger partial charge in [-0.15, -0.1) is 0 Å². The first-order valence-electron chi connectivity index (χ1n) is 6.93. The number of hydrogen-bond acceptors (Lipinski definition) is 5. The number of hydrogen-bond donors (Lipinski definition) is 0. The van der Waals surface area contributed by atoms with E-state index in [-0.39, 0.29) is 31.0 Å². The van der Waals surface area contributed by atoms with Gasteiger partial charge in [-0.25, -0.2) is 0 Å². The fourth-order valence-electron chi connectivity index (χ4n) is 1.40. The predicted octanol–water partition coefficient (Wildman–Crippen LogP) is 2.17. The zero-order chi connectivity index (χ0) is 14.7. The van der Waals surface area contributed by atoms with Crippen LogP contribution in [0.3, 0.4) is 0 Å². The second-order valence-corrected chi connectivity index (χ2v) is 4.88. The third kappa shape index (κ3) is 10.9. The third-order valence-corrected chi connectivity index (χ3v) is 2.67. The van der Waals surface area contributed by atoms with Crippen molar-refractivity contribution >= 4 is 6.47 Å². The second-order valence-electron chi connectivity index (χ2n) is 4.88. The van der Waals surface area contributed by atoms with Gasteiger partial charge in [-0.1, -0.05) is 6.92 Å². The van der Waals surface area contributed by atoms with Crippen molar-refractivity contribution in [2.75, 3.05) is 19.8 Å². The molecule has 0 saturated carbocycles. The van der Waals surface area contributed by atoms with Crippen LogP contribution in [0.1, 0.15) is 41.0 Å². The van der Waals surface area contributed by atoms with Gasteiger partial charge in [0.25, 0.3) is 6.47 Å². The van der Waals surface area contributed by atoms with Crippen LogP contribution in [-0.4, -0.2) is 50.7 Å². The largest absolute Gasteiger partial charge is 0.465 e. The number of carbonyl (C=O) groups excluding carboxylic acids is 1. The van der Waals surface area contributed by atoms with E-state index in [0.717, 1.165) is 6.42 Å². The van der Waals surface area contributed by atoms with Gasteiger partial charge < -0.3 is 18.9 Å². The summed E-state index contributed by atoms with van der Waals surface area (Å²) in [6.07, 6.45) is 1.20. The molecule has 0 aliphatic rings.